The molecule has 18 heavy (non-hydrogen) atoms. The van der Waals surface area contributed by atoms with Gasteiger partial charge in [-0.2, -0.15) is 5.10 Å². The standard InChI is InChI=1S/C14H27N3O/c1-3-5-6-7-8-15-9-11-18-14-12-16-17(13-14)10-4-2/h12-13,15H,3-11H2,1-2H3. The molecule has 0 unspecified atom stereocenters. The molecule has 0 aromatic carbocycles. The van der Waals surface area contributed by atoms with Crippen molar-refractivity contribution in [3.05, 3.63) is 12.4 Å². The predicted molar refractivity (Wildman–Crippen MR) is 75.0 cm³/mol. The third kappa shape index (κ3) is 6.64. The van der Waals surface area contributed by atoms with Gasteiger partial charge in [-0.3, -0.25) is 4.68 Å². The van der Waals surface area contributed by atoms with Crippen molar-refractivity contribution in [1.82, 2.24) is 15.1 Å². The topological polar surface area (TPSA) is 39.1 Å². The van der Waals surface area contributed by atoms with E-state index in [4.69, 9.17) is 4.74 Å². The molecule has 4 heteroatoms. The van der Waals surface area contributed by atoms with Crippen LogP contribution >= 0.6 is 0 Å². The van der Waals surface area contributed by atoms with Gasteiger partial charge in [0.25, 0.3) is 0 Å². The third-order valence-electron chi connectivity index (χ3n) is 2.82. The molecular formula is C14H27N3O. The Bertz CT molecular complexity index is 299. The molecular weight excluding hydrogens is 226 g/mol. The fourth-order valence-corrected chi connectivity index (χ4v) is 1.81. The zero-order valence-electron chi connectivity index (χ0n) is 11.8. The first-order valence-electron chi connectivity index (χ1n) is 7.22. The van der Waals surface area contributed by atoms with Crippen LogP contribution in [0.15, 0.2) is 12.4 Å². The summed E-state index contributed by atoms with van der Waals surface area (Å²) in [5.74, 6) is 0.872. The Hall–Kier alpha value is -1.03. The highest BCUT2D eigenvalue weighted by atomic mass is 16.5. The maximum atomic E-state index is 5.61. The van der Waals surface area contributed by atoms with E-state index < -0.39 is 0 Å². The van der Waals surface area contributed by atoms with Gasteiger partial charge in [-0.1, -0.05) is 33.1 Å². The summed E-state index contributed by atoms with van der Waals surface area (Å²) in [7, 11) is 0. The minimum atomic E-state index is 0.714. The van der Waals surface area contributed by atoms with Crippen LogP contribution < -0.4 is 10.1 Å². The van der Waals surface area contributed by atoms with Crippen LogP contribution in [-0.4, -0.2) is 29.5 Å². The zero-order chi connectivity index (χ0) is 13.1. The maximum Gasteiger partial charge on any atom is 0.157 e. The first-order chi connectivity index (χ1) is 8.86. The van der Waals surface area contributed by atoms with Gasteiger partial charge in [-0.15, -0.1) is 0 Å². The largest absolute Gasteiger partial charge is 0.489 e. The van der Waals surface area contributed by atoms with Crippen LogP contribution in [0.1, 0.15) is 46.0 Å². The summed E-state index contributed by atoms with van der Waals surface area (Å²) < 4.78 is 7.54. The highest BCUT2D eigenvalue weighted by Gasteiger charge is 1.98. The maximum absolute atomic E-state index is 5.61. The first kappa shape index (κ1) is 15.0. The molecule has 0 saturated carbocycles. The number of rotatable bonds is 11. The molecule has 4 nitrogen and oxygen atoms in total. The van der Waals surface area contributed by atoms with E-state index in [0.717, 1.165) is 31.8 Å². The second-order valence-corrected chi connectivity index (χ2v) is 4.60. The third-order valence-corrected chi connectivity index (χ3v) is 2.82. The van der Waals surface area contributed by atoms with Gasteiger partial charge in [0.05, 0.1) is 12.4 Å². The monoisotopic (exact) mass is 253 g/mol. The molecule has 0 aliphatic rings. The summed E-state index contributed by atoms with van der Waals surface area (Å²) in [4.78, 5) is 0. The summed E-state index contributed by atoms with van der Waals surface area (Å²) in [5.41, 5.74) is 0. The Balaban J connectivity index is 1.96. The average molecular weight is 253 g/mol. The molecule has 0 radical (unpaired) electrons. The molecule has 1 N–H and O–H groups in total. The van der Waals surface area contributed by atoms with Crippen LogP contribution in [0.25, 0.3) is 0 Å². The van der Waals surface area contributed by atoms with Gasteiger partial charge in [-0.25, -0.2) is 0 Å². The Morgan fingerprint density at radius 2 is 2.06 bits per heavy atom. The molecule has 1 aromatic rings. The van der Waals surface area contributed by atoms with Crippen LogP contribution in [0.3, 0.4) is 0 Å². The van der Waals surface area contributed by atoms with E-state index in [1.165, 1.54) is 25.7 Å². The molecule has 0 amide bonds. The SMILES string of the molecule is CCCCCCNCCOc1cnn(CCC)c1. The van der Waals surface area contributed by atoms with E-state index in [0.29, 0.717) is 6.61 Å². The van der Waals surface area contributed by atoms with Crippen LogP contribution in [0.4, 0.5) is 0 Å². The highest BCUT2D eigenvalue weighted by molar-refractivity contribution is 5.11. The second-order valence-electron chi connectivity index (χ2n) is 4.60. The smallest absolute Gasteiger partial charge is 0.157 e. The molecule has 1 rings (SSSR count). The van der Waals surface area contributed by atoms with Crippen LogP contribution in [-0.2, 0) is 6.54 Å². The Morgan fingerprint density at radius 3 is 2.83 bits per heavy atom. The lowest BCUT2D eigenvalue weighted by atomic mass is 10.2. The molecule has 1 heterocycles. The summed E-state index contributed by atoms with van der Waals surface area (Å²) in [6, 6.07) is 0. The van der Waals surface area contributed by atoms with E-state index in [2.05, 4.69) is 24.3 Å². The summed E-state index contributed by atoms with van der Waals surface area (Å²) in [6.07, 6.45) is 10.1. The highest BCUT2D eigenvalue weighted by Crippen LogP contribution is 2.07. The fourth-order valence-electron chi connectivity index (χ4n) is 1.81. The number of unbranched alkanes of at least 4 members (excludes halogenated alkanes) is 3. The quantitative estimate of drug-likeness (QED) is 0.616. The molecule has 0 aliphatic carbocycles. The number of aryl methyl sites for hydroxylation is 1. The number of hydrogen-bond acceptors (Lipinski definition) is 3. The lowest BCUT2D eigenvalue weighted by molar-refractivity contribution is 0.313. The lowest BCUT2D eigenvalue weighted by Gasteiger charge is -2.05. The van der Waals surface area contributed by atoms with E-state index >= 15 is 0 Å². The second kappa shape index (κ2) is 9.95. The Labute approximate surface area is 111 Å². The van der Waals surface area contributed by atoms with Crippen LogP contribution in [0, 0.1) is 0 Å². The zero-order valence-corrected chi connectivity index (χ0v) is 11.8. The minimum absolute atomic E-state index is 0.714. The van der Waals surface area contributed by atoms with Crippen LogP contribution in [0.2, 0.25) is 0 Å². The average Bonchev–Trinajstić information content (AvgIpc) is 2.81. The molecule has 104 valence electrons. The van der Waals surface area contributed by atoms with Crippen LogP contribution in [0.5, 0.6) is 5.75 Å². The van der Waals surface area contributed by atoms with Gasteiger partial charge in [0.1, 0.15) is 6.61 Å². The van der Waals surface area contributed by atoms with Crippen molar-refractivity contribution in [1.29, 1.82) is 0 Å². The van der Waals surface area contributed by atoms with Crippen molar-refractivity contribution in [2.24, 2.45) is 0 Å². The van der Waals surface area contributed by atoms with E-state index in [1.54, 1.807) is 6.20 Å². The van der Waals surface area contributed by atoms with E-state index in [9.17, 15) is 0 Å². The van der Waals surface area contributed by atoms with Crippen molar-refractivity contribution in [3.63, 3.8) is 0 Å². The summed E-state index contributed by atoms with van der Waals surface area (Å²) in [6.45, 7) is 8.05. The van der Waals surface area contributed by atoms with Gasteiger partial charge in [0.15, 0.2) is 5.75 Å². The van der Waals surface area contributed by atoms with E-state index in [1.807, 2.05) is 10.9 Å². The van der Waals surface area contributed by atoms with Crippen molar-refractivity contribution >= 4 is 0 Å². The first-order valence-corrected chi connectivity index (χ1v) is 7.22. The van der Waals surface area contributed by atoms with Gasteiger partial charge in [-0.05, 0) is 19.4 Å². The molecule has 0 atom stereocenters. The number of aromatic nitrogens is 2. The number of ether oxygens (including phenoxy) is 1. The predicted octanol–water partition coefficient (Wildman–Crippen LogP) is 2.84. The van der Waals surface area contributed by atoms with Gasteiger partial charge >= 0.3 is 0 Å². The Kier molecular flexibility index (Phi) is 8.30. The number of nitrogens with one attached hydrogen (secondary N) is 1. The molecule has 0 bridgehead atoms. The van der Waals surface area contributed by atoms with Gasteiger partial charge < -0.3 is 10.1 Å². The molecule has 0 spiro atoms. The molecule has 0 aliphatic heterocycles. The molecule has 1 aromatic heterocycles. The normalized spacial score (nSPS) is 10.8. The van der Waals surface area contributed by atoms with Crippen molar-refractivity contribution < 1.29 is 4.74 Å². The minimum Gasteiger partial charge on any atom is -0.489 e. The summed E-state index contributed by atoms with van der Waals surface area (Å²) >= 11 is 0. The van der Waals surface area contributed by atoms with Crippen molar-refractivity contribution in [2.45, 2.75) is 52.5 Å². The van der Waals surface area contributed by atoms with Gasteiger partial charge in [0, 0.05) is 13.1 Å². The fraction of sp³-hybridized carbons (Fsp3) is 0.786. The van der Waals surface area contributed by atoms with E-state index in [-0.39, 0.29) is 0 Å². The lowest BCUT2D eigenvalue weighted by Crippen LogP contribution is -2.22. The van der Waals surface area contributed by atoms with Gasteiger partial charge in [0.2, 0.25) is 0 Å². The van der Waals surface area contributed by atoms with Crippen molar-refractivity contribution in [2.75, 3.05) is 19.7 Å². The number of hydrogen-bond donors (Lipinski definition) is 1. The van der Waals surface area contributed by atoms with Crippen molar-refractivity contribution in [3.8, 4) is 5.75 Å². The Morgan fingerprint density at radius 1 is 1.17 bits per heavy atom. The number of nitrogens with zero attached hydrogens (tertiary/aromatic N) is 2. The summed E-state index contributed by atoms with van der Waals surface area (Å²) in [5, 5.41) is 7.62. The molecule has 0 saturated heterocycles. The molecule has 0 fully saturated rings.